The number of hydrogen-bond acceptors (Lipinski definition) is 13. The Bertz CT molecular complexity index is 1790. The number of carbonyl (C=O) groups excluding carboxylic acids is 4. The molecule has 16 atom stereocenters. The van der Waals surface area contributed by atoms with Crippen molar-refractivity contribution in [3.8, 4) is 0 Å². The molecule has 3 fully saturated rings. The summed E-state index contributed by atoms with van der Waals surface area (Å²) in [4.78, 5) is 57.8. The number of carbonyl (C=O) groups is 4. The zero-order chi connectivity index (χ0) is 50.5. The first-order valence-electron chi connectivity index (χ1n) is 24.7. The number of ketones is 2. The molecule has 2 saturated heterocycles. The lowest BCUT2D eigenvalue weighted by molar-refractivity contribution is -0.265. The van der Waals surface area contributed by atoms with Gasteiger partial charge in [0.15, 0.2) is 5.78 Å². The van der Waals surface area contributed by atoms with Gasteiger partial charge in [0, 0.05) is 58.5 Å². The maximum absolute atomic E-state index is 14.4. The first-order valence-corrected chi connectivity index (χ1v) is 24.7. The van der Waals surface area contributed by atoms with E-state index in [0.717, 1.165) is 5.57 Å². The zero-order valence-electron chi connectivity index (χ0n) is 42.0. The SMILES string of the molecule is CO[C@H]1C[C@@H]2CC[C@@H](C)[C@@](O)(O2)C(=O)C(=O)N2CCCC[C@H]2C(=O)O[C@H]([C@H](C)C[C@@H]2CC[C@@H](OC(F)F)[C@H](OC)C2)CC(O)[C@H](C)/C=C(\C)[C@@H](O)[C@@H](OC)C(=O)[C@H](C)C[C@H](C)/C=C/C=C/C=C/1C. The smallest absolute Gasteiger partial charge is 0.345 e. The molecule has 1 saturated carbocycles. The van der Waals surface area contributed by atoms with Crippen molar-refractivity contribution in [1.82, 2.24) is 4.90 Å². The van der Waals surface area contributed by atoms with Crippen molar-refractivity contribution >= 4 is 23.4 Å². The molecule has 4 aliphatic rings. The van der Waals surface area contributed by atoms with E-state index >= 15 is 0 Å². The molecule has 0 aromatic rings. The monoisotopic (exact) mass is 966 g/mol. The highest BCUT2D eigenvalue weighted by atomic mass is 19.3. The van der Waals surface area contributed by atoms with E-state index in [0.29, 0.717) is 69.8 Å². The van der Waals surface area contributed by atoms with Gasteiger partial charge in [-0.05, 0) is 107 Å². The number of rotatable bonds is 8. The van der Waals surface area contributed by atoms with Crippen LogP contribution < -0.4 is 0 Å². The fraction of sp³-hybridized carbons (Fsp3) is 0.769. The second-order valence-corrected chi connectivity index (χ2v) is 20.2. The molecular formula is C52H81F2NO13. The minimum Gasteiger partial charge on any atom is -0.460 e. The van der Waals surface area contributed by atoms with Crippen LogP contribution in [0.3, 0.4) is 0 Å². The van der Waals surface area contributed by atoms with Crippen LogP contribution >= 0.6 is 0 Å². The summed E-state index contributed by atoms with van der Waals surface area (Å²) in [7, 11) is 4.39. The van der Waals surface area contributed by atoms with Gasteiger partial charge in [-0.25, -0.2) is 4.79 Å². The van der Waals surface area contributed by atoms with Gasteiger partial charge in [-0.15, -0.1) is 0 Å². The quantitative estimate of drug-likeness (QED) is 0.126. The van der Waals surface area contributed by atoms with Crippen molar-refractivity contribution in [1.29, 1.82) is 0 Å². The third-order valence-electron chi connectivity index (χ3n) is 14.9. The number of methoxy groups -OCH3 is 3. The van der Waals surface area contributed by atoms with Gasteiger partial charge in [0.25, 0.3) is 11.7 Å². The Morgan fingerprint density at radius 1 is 0.838 bits per heavy atom. The molecule has 1 aliphatic carbocycles. The van der Waals surface area contributed by atoms with E-state index in [1.165, 1.54) is 19.1 Å². The van der Waals surface area contributed by atoms with Gasteiger partial charge in [-0.2, -0.15) is 8.78 Å². The Hall–Kier alpha value is -3.22. The summed E-state index contributed by atoms with van der Waals surface area (Å²) in [5.41, 5.74) is 1.27. The van der Waals surface area contributed by atoms with Crippen LogP contribution in [0.2, 0.25) is 0 Å². The minimum atomic E-state index is -2.94. The summed E-state index contributed by atoms with van der Waals surface area (Å²) in [6, 6.07) is -1.17. The Labute approximate surface area is 402 Å². The van der Waals surface area contributed by atoms with Crippen molar-refractivity contribution in [3.63, 3.8) is 0 Å². The van der Waals surface area contributed by atoms with E-state index in [2.05, 4.69) is 0 Å². The molecule has 68 heavy (non-hydrogen) atoms. The van der Waals surface area contributed by atoms with Crippen molar-refractivity contribution in [3.05, 3.63) is 47.6 Å². The molecular weight excluding hydrogens is 885 g/mol. The fourth-order valence-electron chi connectivity index (χ4n) is 10.5. The van der Waals surface area contributed by atoms with Gasteiger partial charge in [-0.1, -0.05) is 71.1 Å². The van der Waals surface area contributed by atoms with Crippen LogP contribution in [-0.2, 0) is 47.6 Å². The first-order chi connectivity index (χ1) is 32.1. The number of piperidine rings is 1. The van der Waals surface area contributed by atoms with Crippen LogP contribution in [0.5, 0.6) is 0 Å². The molecule has 2 bridgehead atoms. The molecule has 1 amide bonds. The lowest BCUT2D eigenvalue weighted by Gasteiger charge is -2.43. The number of aliphatic hydroxyl groups is 3. The highest BCUT2D eigenvalue weighted by molar-refractivity contribution is 6.39. The van der Waals surface area contributed by atoms with Gasteiger partial charge in [0.1, 0.15) is 24.4 Å². The van der Waals surface area contributed by atoms with Gasteiger partial charge < -0.3 is 48.6 Å². The molecule has 0 aromatic carbocycles. The number of fused-ring (bicyclic) bond motifs is 3. The van der Waals surface area contributed by atoms with Gasteiger partial charge in [-0.3, -0.25) is 14.4 Å². The average Bonchev–Trinajstić information content (AvgIpc) is 3.30. The van der Waals surface area contributed by atoms with E-state index in [-0.39, 0.29) is 42.9 Å². The standard InChI is InChI=1S/C52H81F2NO13/c1-30-16-12-11-13-17-31(2)42(63-8)28-38-21-19-36(7)52(62,68-38)48(59)49(60)55-23-15-14-18-39(55)50(61)66-43(33(4)26-37-20-22-41(67-51(53)54)44(27-37)64-9)29-40(56)32(3)25-35(6)46(58)47(65-10)45(57)34(5)24-30/h11-13,16-17,25,30,32-34,36-44,46-47,51,56,58,62H,14-15,18-24,26-29H2,1-10H3/b13-11+,16-12+,31-17+,35-25+/t30-,32-,33-,34-,36-,37+,38+,39+,40?,41-,42+,43+,44-,46-,47+,52-/m1/s1. The number of aliphatic hydroxyl groups excluding tert-OH is 2. The highest BCUT2D eigenvalue weighted by Crippen LogP contribution is 2.38. The number of hydrogen-bond donors (Lipinski definition) is 3. The van der Waals surface area contributed by atoms with E-state index in [4.69, 9.17) is 28.4 Å². The Balaban J connectivity index is 1.70. The highest BCUT2D eigenvalue weighted by Gasteiger charge is 2.53. The molecule has 0 radical (unpaired) electrons. The second kappa shape index (κ2) is 26.8. The van der Waals surface area contributed by atoms with E-state index in [1.807, 2.05) is 51.2 Å². The van der Waals surface area contributed by atoms with Crippen LogP contribution in [0, 0.1) is 35.5 Å². The summed E-state index contributed by atoms with van der Waals surface area (Å²) in [6.07, 6.45) is 8.94. The number of alkyl halides is 2. The molecule has 3 heterocycles. The summed E-state index contributed by atoms with van der Waals surface area (Å²) in [6.45, 7) is 9.77. The van der Waals surface area contributed by atoms with Gasteiger partial charge in [0.2, 0.25) is 5.79 Å². The number of cyclic esters (lactones) is 1. The molecule has 4 rings (SSSR count). The predicted molar refractivity (Wildman–Crippen MR) is 251 cm³/mol. The van der Waals surface area contributed by atoms with E-state index in [9.17, 15) is 43.3 Å². The summed E-state index contributed by atoms with van der Waals surface area (Å²) in [5, 5.41) is 35.2. The van der Waals surface area contributed by atoms with Gasteiger partial charge in [0.05, 0.1) is 30.5 Å². The molecule has 14 nitrogen and oxygen atoms in total. The van der Waals surface area contributed by atoms with Crippen molar-refractivity contribution in [2.45, 2.75) is 193 Å². The third-order valence-corrected chi connectivity index (χ3v) is 14.9. The summed E-state index contributed by atoms with van der Waals surface area (Å²) < 4.78 is 60.7. The normalized spacial score (nSPS) is 40.3. The topological polar surface area (TPSA) is 188 Å². The van der Waals surface area contributed by atoms with Crippen LogP contribution in [0.1, 0.15) is 126 Å². The number of Topliss-reactive ketones (excluding diaryl/α,β-unsaturated/α-hetero) is 2. The number of nitrogens with zero attached hydrogens (tertiary/aromatic N) is 1. The van der Waals surface area contributed by atoms with Crippen LogP contribution in [-0.4, -0.2) is 139 Å². The molecule has 386 valence electrons. The molecule has 1 unspecified atom stereocenters. The van der Waals surface area contributed by atoms with Crippen LogP contribution in [0.4, 0.5) is 8.78 Å². The van der Waals surface area contributed by atoms with Crippen molar-refractivity contribution < 1.29 is 71.7 Å². The lowest BCUT2D eigenvalue weighted by Crippen LogP contribution is -2.61. The van der Waals surface area contributed by atoms with Crippen LogP contribution in [0.25, 0.3) is 0 Å². The maximum Gasteiger partial charge on any atom is 0.345 e. The first kappa shape index (κ1) is 57.4. The summed E-state index contributed by atoms with van der Waals surface area (Å²) >= 11 is 0. The third kappa shape index (κ3) is 15.4. The molecule has 0 aromatic heterocycles. The van der Waals surface area contributed by atoms with E-state index < -0.39 is 103 Å². The lowest BCUT2D eigenvalue weighted by atomic mass is 9.78. The average molecular weight is 966 g/mol. The number of halogens is 2. The van der Waals surface area contributed by atoms with Crippen LogP contribution in [0.15, 0.2) is 47.6 Å². The second-order valence-electron chi connectivity index (χ2n) is 20.2. The predicted octanol–water partition coefficient (Wildman–Crippen LogP) is 7.22. The number of ether oxygens (including phenoxy) is 6. The van der Waals surface area contributed by atoms with Crippen molar-refractivity contribution in [2.75, 3.05) is 27.9 Å². The largest absolute Gasteiger partial charge is 0.460 e. The summed E-state index contributed by atoms with van der Waals surface area (Å²) in [5.74, 6) is -7.89. The minimum absolute atomic E-state index is 0.00760. The Kier molecular flexibility index (Phi) is 22.6. The number of amides is 1. The number of esters is 1. The number of allylic oxidation sites excluding steroid dienone is 5. The zero-order valence-corrected chi connectivity index (χ0v) is 42.0. The maximum atomic E-state index is 14.4. The molecule has 0 spiro atoms. The molecule has 3 N–H and O–H groups in total. The Morgan fingerprint density at radius 3 is 2.22 bits per heavy atom. The van der Waals surface area contributed by atoms with Crippen molar-refractivity contribution in [2.24, 2.45) is 35.5 Å². The molecule has 3 aliphatic heterocycles. The molecule has 16 heteroatoms. The Morgan fingerprint density at radius 2 is 1.56 bits per heavy atom. The van der Waals surface area contributed by atoms with E-state index in [1.54, 1.807) is 40.9 Å². The van der Waals surface area contributed by atoms with Gasteiger partial charge >= 0.3 is 12.6 Å². The fourth-order valence-corrected chi connectivity index (χ4v) is 10.5.